The summed E-state index contributed by atoms with van der Waals surface area (Å²) in [5.41, 5.74) is 1.73. The first-order valence-electron chi connectivity index (χ1n) is 10.1. The van der Waals surface area contributed by atoms with Crippen molar-refractivity contribution in [2.75, 3.05) is 12.4 Å². The topological polar surface area (TPSA) is 69.0 Å². The Bertz CT molecular complexity index is 1100. The van der Waals surface area contributed by atoms with Gasteiger partial charge in [-0.25, -0.2) is 18.7 Å². The largest absolute Gasteiger partial charge is 0.481 e. The van der Waals surface area contributed by atoms with E-state index in [1.165, 1.54) is 6.07 Å². The summed E-state index contributed by atoms with van der Waals surface area (Å²) in [6.07, 6.45) is 5.09. The number of nitrogens with one attached hydrogen (secondary N) is 1. The molecule has 1 unspecified atom stereocenters. The van der Waals surface area contributed by atoms with E-state index in [1.54, 1.807) is 31.8 Å². The number of benzene rings is 1. The Morgan fingerprint density at radius 1 is 1.20 bits per heavy atom. The van der Waals surface area contributed by atoms with Gasteiger partial charge in [-0.15, -0.1) is 0 Å². The Morgan fingerprint density at radius 2 is 1.93 bits per heavy atom. The minimum absolute atomic E-state index is 0.0106. The summed E-state index contributed by atoms with van der Waals surface area (Å²) in [5.74, 6) is -0.0786. The van der Waals surface area contributed by atoms with Crippen LogP contribution in [-0.4, -0.2) is 27.6 Å². The van der Waals surface area contributed by atoms with E-state index in [4.69, 9.17) is 4.74 Å². The number of nitrogens with zero attached hydrogens (tertiary/aromatic N) is 3. The molecule has 5 rings (SSSR count). The van der Waals surface area contributed by atoms with Crippen LogP contribution in [0.1, 0.15) is 25.8 Å². The third kappa shape index (κ3) is 3.11. The van der Waals surface area contributed by atoms with Crippen LogP contribution in [0.25, 0.3) is 11.0 Å². The van der Waals surface area contributed by atoms with Crippen LogP contribution in [0.2, 0.25) is 0 Å². The van der Waals surface area contributed by atoms with E-state index >= 15 is 0 Å². The van der Waals surface area contributed by atoms with Crippen molar-refractivity contribution in [2.45, 2.75) is 25.8 Å². The van der Waals surface area contributed by atoms with Crippen LogP contribution in [0.4, 0.5) is 14.5 Å². The smallest absolute Gasteiger partial charge is 0.227 e. The summed E-state index contributed by atoms with van der Waals surface area (Å²) in [6.45, 7) is 1.97. The normalized spacial score (nSPS) is 25.7. The third-order valence-corrected chi connectivity index (χ3v) is 6.70. The molecule has 2 saturated carbocycles. The molecule has 6 nitrogen and oxygen atoms in total. The summed E-state index contributed by atoms with van der Waals surface area (Å²) in [6, 6.07) is 6.04. The zero-order chi connectivity index (χ0) is 21.0. The highest BCUT2D eigenvalue weighted by atomic mass is 19.2. The number of carbonyl (C=O) groups is 1. The third-order valence-electron chi connectivity index (χ3n) is 6.70. The highest BCUT2D eigenvalue weighted by Crippen LogP contribution is 2.64. The van der Waals surface area contributed by atoms with Crippen LogP contribution in [-0.2, 0) is 4.79 Å². The maximum absolute atomic E-state index is 13.7. The molecule has 8 heteroatoms. The fourth-order valence-corrected chi connectivity index (χ4v) is 5.15. The molecule has 2 fully saturated rings. The Hall–Kier alpha value is -3.03. The van der Waals surface area contributed by atoms with Gasteiger partial charge in [0.1, 0.15) is 0 Å². The number of ether oxygens (including phenoxy) is 1. The summed E-state index contributed by atoms with van der Waals surface area (Å²) >= 11 is 0. The average molecular weight is 412 g/mol. The average Bonchev–Trinajstić information content (AvgIpc) is 3.05. The minimum atomic E-state index is -0.881. The zero-order valence-electron chi connectivity index (χ0n) is 16.7. The molecule has 2 heterocycles. The molecule has 3 aromatic rings. The lowest BCUT2D eigenvalue weighted by Gasteiger charge is -2.19. The van der Waals surface area contributed by atoms with Crippen molar-refractivity contribution in [3.63, 3.8) is 0 Å². The summed E-state index contributed by atoms with van der Waals surface area (Å²) in [4.78, 5) is 21.0. The molecule has 1 aromatic carbocycles. The first kappa shape index (κ1) is 19.0. The molecule has 1 amide bonds. The Labute approximate surface area is 172 Å². The number of anilines is 1. The van der Waals surface area contributed by atoms with Gasteiger partial charge in [-0.05, 0) is 36.7 Å². The summed E-state index contributed by atoms with van der Waals surface area (Å²) in [5, 5.41) is 2.93. The SMILES string of the molecule is COc1ccc(NC(=O)C(C)[C@H]2[C@@H]3C[C@@H](n4cnc5cc(F)c(F)cc54)C[C@@H]32)cn1. The quantitative estimate of drug-likeness (QED) is 0.682. The van der Waals surface area contributed by atoms with Crippen LogP contribution in [0.5, 0.6) is 5.88 Å². The van der Waals surface area contributed by atoms with Crippen LogP contribution in [0, 0.1) is 35.3 Å². The summed E-state index contributed by atoms with van der Waals surface area (Å²) < 4.78 is 34.1. The standard InChI is InChI=1S/C22H22F2N4O2/c1-11(22(29)27-12-3-4-20(30-2)25-9-12)21-14-5-13(6-15(14)21)28-10-26-18-7-16(23)17(24)8-19(18)28/h3-4,7-11,13-15,21H,5-6H2,1-2H3,(H,27,29)/t11?,13-,14-,15+,21+. The second-order valence-corrected chi connectivity index (χ2v) is 8.30. The van der Waals surface area contributed by atoms with Gasteiger partial charge in [-0.1, -0.05) is 6.92 Å². The molecular formula is C22H22F2N4O2. The van der Waals surface area contributed by atoms with Crippen LogP contribution in [0.3, 0.4) is 0 Å². The lowest BCUT2D eigenvalue weighted by atomic mass is 9.96. The van der Waals surface area contributed by atoms with Crippen LogP contribution < -0.4 is 10.1 Å². The molecule has 0 bridgehead atoms. The van der Waals surface area contributed by atoms with Gasteiger partial charge in [0.25, 0.3) is 0 Å². The molecule has 0 spiro atoms. The fraction of sp³-hybridized carbons (Fsp3) is 0.409. The number of imidazole rings is 1. The maximum atomic E-state index is 13.7. The molecule has 2 aliphatic rings. The van der Waals surface area contributed by atoms with E-state index in [1.807, 2.05) is 11.5 Å². The second-order valence-electron chi connectivity index (χ2n) is 8.30. The first-order chi connectivity index (χ1) is 14.5. The van der Waals surface area contributed by atoms with E-state index in [2.05, 4.69) is 15.3 Å². The van der Waals surface area contributed by atoms with Gasteiger partial charge in [-0.2, -0.15) is 0 Å². The van der Waals surface area contributed by atoms with Gasteiger partial charge in [0, 0.05) is 30.2 Å². The number of halogens is 2. The molecular weight excluding hydrogens is 390 g/mol. The van der Waals surface area contributed by atoms with E-state index < -0.39 is 11.6 Å². The maximum Gasteiger partial charge on any atom is 0.227 e. The minimum Gasteiger partial charge on any atom is -0.481 e. The summed E-state index contributed by atoms with van der Waals surface area (Å²) in [7, 11) is 1.54. The number of methoxy groups -OCH3 is 1. The number of pyridine rings is 1. The van der Waals surface area contributed by atoms with Gasteiger partial charge >= 0.3 is 0 Å². The van der Waals surface area contributed by atoms with Gasteiger partial charge in [0.15, 0.2) is 11.6 Å². The molecule has 5 atom stereocenters. The van der Waals surface area contributed by atoms with Crippen LogP contribution >= 0.6 is 0 Å². The van der Waals surface area contributed by atoms with Crippen molar-refractivity contribution in [2.24, 2.45) is 23.7 Å². The molecule has 2 aromatic heterocycles. The predicted molar refractivity (Wildman–Crippen MR) is 107 cm³/mol. The van der Waals surface area contributed by atoms with Crippen molar-refractivity contribution < 1.29 is 18.3 Å². The Morgan fingerprint density at radius 3 is 2.60 bits per heavy atom. The van der Waals surface area contributed by atoms with Gasteiger partial charge < -0.3 is 14.6 Å². The van der Waals surface area contributed by atoms with Crippen LogP contribution in [0.15, 0.2) is 36.8 Å². The molecule has 2 aliphatic carbocycles. The van der Waals surface area contributed by atoms with E-state index in [-0.39, 0.29) is 17.9 Å². The van der Waals surface area contributed by atoms with Crippen molar-refractivity contribution in [1.82, 2.24) is 14.5 Å². The predicted octanol–water partition coefficient (Wildman–Crippen LogP) is 4.19. The van der Waals surface area contributed by atoms with E-state index in [9.17, 15) is 13.6 Å². The van der Waals surface area contributed by atoms with Crippen molar-refractivity contribution >= 4 is 22.6 Å². The molecule has 0 saturated heterocycles. The highest BCUT2D eigenvalue weighted by Gasteiger charge is 2.59. The van der Waals surface area contributed by atoms with E-state index in [0.717, 1.165) is 18.9 Å². The molecule has 0 radical (unpaired) electrons. The number of hydrogen-bond donors (Lipinski definition) is 1. The molecule has 0 aliphatic heterocycles. The zero-order valence-corrected chi connectivity index (χ0v) is 16.7. The Balaban J connectivity index is 1.23. The second kappa shape index (κ2) is 7.04. The van der Waals surface area contributed by atoms with Gasteiger partial charge in [0.2, 0.25) is 11.8 Å². The molecule has 1 N–H and O–H groups in total. The first-order valence-corrected chi connectivity index (χ1v) is 10.1. The number of amides is 1. The molecule has 30 heavy (non-hydrogen) atoms. The number of fused-ring (bicyclic) bond motifs is 2. The lowest BCUT2D eigenvalue weighted by Crippen LogP contribution is -2.24. The van der Waals surface area contributed by atoms with E-state index in [0.29, 0.717) is 40.4 Å². The van der Waals surface area contributed by atoms with Gasteiger partial charge in [-0.3, -0.25) is 4.79 Å². The van der Waals surface area contributed by atoms with Gasteiger partial charge in [0.05, 0.1) is 36.4 Å². The van der Waals surface area contributed by atoms with Crippen molar-refractivity contribution in [1.29, 1.82) is 0 Å². The lowest BCUT2D eigenvalue weighted by molar-refractivity contribution is -0.120. The number of hydrogen-bond acceptors (Lipinski definition) is 4. The van der Waals surface area contributed by atoms with Crippen molar-refractivity contribution in [3.8, 4) is 5.88 Å². The fourth-order valence-electron chi connectivity index (χ4n) is 5.15. The monoisotopic (exact) mass is 412 g/mol. The van der Waals surface area contributed by atoms with Crippen molar-refractivity contribution in [3.05, 3.63) is 48.4 Å². The number of rotatable bonds is 5. The Kier molecular flexibility index (Phi) is 4.45. The number of carbonyl (C=O) groups excluding carboxylic acids is 1. The molecule has 156 valence electrons. The number of aromatic nitrogens is 3. The highest BCUT2D eigenvalue weighted by molar-refractivity contribution is 5.92.